The lowest BCUT2D eigenvalue weighted by Gasteiger charge is -2.34. The summed E-state index contributed by atoms with van der Waals surface area (Å²) in [6.45, 7) is 9.99. The molecule has 3 aromatic heterocycles. The van der Waals surface area contributed by atoms with Crippen LogP contribution in [-0.4, -0.2) is 56.3 Å². The molecule has 0 saturated carbocycles. The van der Waals surface area contributed by atoms with Crippen LogP contribution in [0.15, 0.2) is 53.1 Å². The molecule has 0 unspecified atom stereocenters. The van der Waals surface area contributed by atoms with Crippen molar-refractivity contribution in [3.63, 3.8) is 0 Å². The van der Waals surface area contributed by atoms with Gasteiger partial charge in [-0.3, -0.25) is 9.69 Å². The van der Waals surface area contributed by atoms with Crippen LogP contribution in [0, 0.1) is 20.8 Å². The first-order valence-corrected chi connectivity index (χ1v) is 11.4. The van der Waals surface area contributed by atoms with Gasteiger partial charge in [0.1, 0.15) is 11.4 Å². The highest BCUT2D eigenvalue weighted by Crippen LogP contribution is 2.22. The fraction of sp³-hybridized carbons (Fsp3) is 0.346. The molecule has 170 valence electrons. The highest BCUT2D eigenvalue weighted by molar-refractivity contribution is 5.78. The Hall–Kier alpha value is -3.45. The summed E-state index contributed by atoms with van der Waals surface area (Å²) in [5, 5.41) is 0. The molecule has 4 aromatic rings. The van der Waals surface area contributed by atoms with E-state index in [0.717, 1.165) is 55.3 Å². The maximum absolute atomic E-state index is 13.0. The molecule has 4 heterocycles. The Balaban J connectivity index is 1.20. The summed E-state index contributed by atoms with van der Waals surface area (Å²) < 4.78 is 8.00. The van der Waals surface area contributed by atoms with Crippen LogP contribution in [0.25, 0.3) is 17.1 Å². The molecule has 0 bridgehead atoms. The van der Waals surface area contributed by atoms with Crippen molar-refractivity contribution in [1.82, 2.24) is 24.2 Å². The van der Waals surface area contributed by atoms with E-state index in [1.54, 1.807) is 0 Å². The van der Waals surface area contributed by atoms with Gasteiger partial charge < -0.3 is 13.7 Å². The molecule has 1 saturated heterocycles. The Morgan fingerprint density at radius 1 is 1.00 bits per heavy atom. The third-order valence-corrected chi connectivity index (χ3v) is 6.41. The van der Waals surface area contributed by atoms with Gasteiger partial charge in [0.05, 0.1) is 23.5 Å². The van der Waals surface area contributed by atoms with Gasteiger partial charge in [-0.15, -0.1) is 0 Å². The number of pyridine rings is 1. The summed E-state index contributed by atoms with van der Waals surface area (Å²) in [4.78, 5) is 26.6. The van der Waals surface area contributed by atoms with Crippen LogP contribution in [-0.2, 0) is 17.8 Å². The van der Waals surface area contributed by atoms with E-state index in [2.05, 4.69) is 46.5 Å². The van der Waals surface area contributed by atoms with E-state index in [1.807, 2.05) is 42.2 Å². The highest BCUT2D eigenvalue weighted by Gasteiger charge is 2.24. The number of hydrogen-bond acceptors (Lipinski definition) is 5. The molecule has 33 heavy (non-hydrogen) atoms. The predicted molar refractivity (Wildman–Crippen MR) is 127 cm³/mol. The zero-order valence-electron chi connectivity index (χ0n) is 19.4. The summed E-state index contributed by atoms with van der Waals surface area (Å²) in [6.07, 6.45) is 2.37. The second-order valence-electron chi connectivity index (χ2n) is 8.80. The maximum atomic E-state index is 13.0. The summed E-state index contributed by atoms with van der Waals surface area (Å²) in [5.41, 5.74) is 6.13. The lowest BCUT2D eigenvalue weighted by molar-refractivity contribution is -0.132. The van der Waals surface area contributed by atoms with Crippen LogP contribution in [0.4, 0.5) is 0 Å². The van der Waals surface area contributed by atoms with Gasteiger partial charge in [-0.25, -0.2) is 9.97 Å². The fourth-order valence-electron chi connectivity index (χ4n) is 4.42. The maximum Gasteiger partial charge on any atom is 0.228 e. The molecule has 5 rings (SSSR count). The summed E-state index contributed by atoms with van der Waals surface area (Å²) >= 11 is 0. The van der Waals surface area contributed by atoms with Crippen LogP contribution < -0.4 is 0 Å². The van der Waals surface area contributed by atoms with Gasteiger partial charge in [-0.05, 0) is 50.6 Å². The first kappa shape index (κ1) is 21.4. The van der Waals surface area contributed by atoms with Gasteiger partial charge in [0, 0.05) is 44.5 Å². The van der Waals surface area contributed by atoms with Crippen LogP contribution >= 0.6 is 0 Å². The zero-order chi connectivity index (χ0) is 22.9. The van der Waals surface area contributed by atoms with Crippen molar-refractivity contribution in [1.29, 1.82) is 0 Å². The number of fused-ring (bicyclic) bond motifs is 1. The Kier molecular flexibility index (Phi) is 5.72. The second kappa shape index (κ2) is 8.83. The van der Waals surface area contributed by atoms with Crippen molar-refractivity contribution in [3.05, 3.63) is 77.1 Å². The SMILES string of the molecule is Cc1ccn2c(CN3CCN(C(=O)Cc4nc(-c5ccccc5)oc4C)CC3)c(C)nc2c1. The molecular weight excluding hydrogens is 414 g/mol. The number of nitrogens with zero attached hydrogens (tertiary/aromatic N) is 5. The third kappa shape index (κ3) is 4.41. The number of carbonyl (C=O) groups excluding carboxylic acids is 1. The van der Waals surface area contributed by atoms with E-state index in [4.69, 9.17) is 9.40 Å². The van der Waals surface area contributed by atoms with Crippen molar-refractivity contribution in [2.45, 2.75) is 33.7 Å². The van der Waals surface area contributed by atoms with Crippen LogP contribution in [0.5, 0.6) is 0 Å². The number of aryl methyl sites for hydroxylation is 3. The molecule has 0 atom stereocenters. The van der Waals surface area contributed by atoms with E-state index in [-0.39, 0.29) is 12.3 Å². The minimum Gasteiger partial charge on any atom is -0.441 e. The first-order valence-electron chi connectivity index (χ1n) is 11.4. The number of aromatic nitrogens is 3. The Morgan fingerprint density at radius 2 is 1.76 bits per heavy atom. The number of benzene rings is 1. The van der Waals surface area contributed by atoms with Gasteiger partial charge in [-0.1, -0.05) is 18.2 Å². The molecule has 7 heteroatoms. The number of imidazole rings is 1. The van der Waals surface area contributed by atoms with Gasteiger partial charge in [-0.2, -0.15) is 0 Å². The molecular formula is C26H29N5O2. The summed E-state index contributed by atoms with van der Waals surface area (Å²) in [5.74, 6) is 1.38. The Bertz CT molecular complexity index is 1280. The monoisotopic (exact) mass is 443 g/mol. The van der Waals surface area contributed by atoms with Crippen molar-refractivity contribution in [3.8, 4) is 11.5 Å². The molecule has 7 nitrogen and oxygen atoms in total. The summed E-state index contributed by atoms with van der Waals surface area (Å²) in [7, 11) is 0. The Labute approximate surface area is 193 Å². The van der Waals surface area contributed by atoms with Gasteiger partial charge in [0.2, 0.25) is 11.8 Å². The van der Waals surface area contributed by atoms with Crippen molar-refractivity contribution < 1.29 is 9.21 Å². The molecule has 1 fully saturated rings. The number of hydrogen-bond donors (Lipinski definition) is 0. The van der Waals surface area contributed by atoms with Gasteiger partial charge in [0.15, 0.2) is 0 Å². The highest BCUT2D eigenvalue weighted by atomic mass is 16.4. The van der Waals surface area contributed by atoms with Gasteiger partial charge in [0.25, 0.3) is 0 Å². The normalized spacial score (nSPS) is 14.8. The first-order chi connectivity index (χ1) is 16.0. The topological polar surface area (TPSA) is 66.9 Å². The summed E-state index contributed by atoms with van der Waals surface area (Å²) in [6, 6.07) is 14.0. The number of oxazole rings is 1. The van der Waals surface area contributed by atoms with Crippen molar-refractivity contribution in [2.24, 2.45) is 0 Å². The number of amides is 1. The van der Waals surface area contributed by atoms with Crippen molar-refractivity contribution in [2.75, 3.05) is 26.2 Å². The molecule has 0 spiro atoms. The van der Waals surface area contributed by atoms with Crippen LogP contribution in [0.1, 0.15) is 28.4 Å². The third-order valence-electron chi connectivity index (χ3n) is 6.41. The average molecular weight is 444 g/mol. The average Bonchev–Trinajstić information content (AvgIpc) is 3.33. The van der Waals surface area contributed by atoms with E-state index in [9.17, 15) is 4.79 Å². The van der Waals surface area contributed by atoms with Crippen molar-refractivity contribution >= 4 is 11.6 Å². The molecule has 1 aromatic carbocycles. The predicted octanol–water partition coefficient (Wildman–Crippen LogP) is 3.80. The lowest BCUT2D eigenvalue weighted by atomic mass is 10.2. The number of rotatable bonds is 5. The van der Waals surface area contributed by atoms with E-state index in [0.29, 0.717) is 11.7 Å². The minimum atomic E-state index is 0.104. The standard InChI is InChI=1S/C26H29N5O2/c1-18-9-10-31-23(19(2)27-24(31)15-18)17-29-11-13-30(14-12-29)25(32)16-22-20(3)33-26(28-22)21-7-5-4-6-8-21/h4-10,15H,11-14,16-17H2,1-3H3. The smallest absolute Gasteiger partial charge is 0.228 e. The second-order valence-corrected chi connectivity index (χ2v) is 8.80. The molecule has 0 N–H and O–H groups in total. The lowest BCUT2D eigenvalue weighted by Crippen LogP contribution is -2.48. The Morgan fingerprint density at radius 3 is 2.52 bits per heavy atom. The van der Waals surface area contributed by atoms with E-state index >= 15 is 0 Å². The fourth-order valence-corrected chi connectivity index (χ4v) is 4.42. The molecule has 0 radical (unpaired) electrons. The molecule has 1 aliphatic rings. The largest absolute Gasteiger partial charge is 0.441 e. The zero-order valence-corrected chi connectivity index (χ0v) is 19.4. The van der Waals surface area contributed by atoms with E-state index < -0.39 is 0 Å². The number of carbonyl (C=O) groups is 1. The van der Waals surface area contributed by atoms with Gasteiger partial charge >= 0.3 is 0 Å². The quantitative estimate of drug-likeness (QED) is 0.469. The minimum absolute atomic E-state index is 0.104. The number of piperazine rings is 1. The molecule has 1 aliphatic heterocycles. The van der Waals surface area contributed by atoms with Crippen LogP contribution in [0.3, 0.4) is 0 Å². The van der Waals surface area contributed by atoms with E-state index in [1.165, 1.54) is 11.3 Å². The molecule has 1 amide bonds. The molecule has 0 aliphatic carbocycles. The van der Waals surface area contributed by atoms with Crippen LogP contribution in [0.2, 0.25) is 0 Å².